The van der Waals surface area contributed by atoms with E-state index in [-0.39, 0.29) is 5.91 Å². The van der Waals surface area contributed by atoms with Crippen LogP contribution in [0, 0.1) is 5.92 Å². The zero-order valence-corrected chi connectivity index (χ0v) is 10.5. The van der Waals surface area contributed by atoms with Crippen LogP contribution >= 0.6 is 0 Å². The summed E-state index contributed by atoms with van der Waals surface area (Å²) in [5, 5.41) is 0. The highest BCUT2D eigenvalue weighted by Gasteiger charge is 2.00. The fourth-order valence-electron chi connectivity index (χ4n) is 0.947. The van der Waals surface area contributed by atoms with Crippen LogP contribution in [0.2, 0.25) is 0 Å². The molecule has 0 heterocycles. The number of carbonyl (C=O) groups is 2. The SMILES string of the molecule is CCC(C)CC(C)=O.CN(C)CC(N)=O. The predicted octanol–water partition coefficient (Wildman–Crippen LogP) is 1.04. The second-order valence-corrected chi connectivity index (χ2v) is 4.12. The molecule has 4 heteroatoms. The maximum atomic E-state index is 10.4. The standard InChI is InChI=1S/C7H14O.C4H10N2O/c1-4-6(2)5-7(3)8;1-6(2)3-4(5)7/h6H,4-5H2,1-3H3;3H2,1-2H3,(H2,5,7). The number of hydrogen-bond acceptors (Lipinski definition) is 3. The second kappa shape index (κ2) is 9.65. The molecule has 1 unspecified atom stereocenters. The number of ketones is 1. The van der Waals surface area contributed by atoms with Crippen LogP contribution in [0.4, 0.5) is 0 Å². The smallest absolute Gasteiger partial charge is 0.231 e. The number of likely N-dealkylation sites (N-methyl/N-ethyl adjacent to an activating group) is 1. The van der Waals surface area contributed by atoms with Gasteiger partial charge in [-0.1, -0.05) is 20.3 Å². The lowest BCUT2D eigenvalue weighted by Crippen LogP contribution is -2.27. The molecule has 0 aromatic heterocycles. The van der Waals surface area contributed by atoms with Gasteiger partial charge in [-0.05, 0) is 26.9 Å². The zero-order valence-electron chi connectivity index (χ0n) is 10.5. The molecule has 0 spiro atoms. The summed E-state index contributed by atoms with van der Waals surface area (Å²) in [4.78, 5) is 22.1. The van der Waals surface area contributed by atoms with Crippen LogP contribution in [-0.4, -0.2) is 37.2 Å². The monoisotopic (exact) mass is 216 g/mol. The summed E-state index contributed by atoms with van der Waals surface area (Å²) < 4.78 is 0. The van der Waals surface area contributed by atoms with Crippen LogP contribution < -0.4 is 5.73 Å². The Morgan fingerprint density at radius 1 is 1.33 bits per heavy atom. The fourth-order valence-corrected chi connectivity index (χ4v) is 0.947. The molecule has 0 aromatic carbocycles. The van der Waals surface area contributed by atoms with E-state index in [1.165, 1.54) is 0 Å². The maximum absolute atomic E-state index is 10.4. The second-order valence-electron chi connectivity index (χ2n) is 4.12. The average Bonchev–Trinajstić information content (AvgIpc) is 2.01. The Hall–Kier alpha value is -0.900. The number of nitrogens with zero attached hydrogens (tertiary/aromatic N) is 1. The molecule has 0 saturated carbocycles. The number of carbonyl (C=O) groups excluding carboxylic acids is 2. The Kier molecular flexibility index (Phi) is 10.6. The quantitative estimate of drug-likeness (QED) is 0.747. The van der Waals surface area contributed by atoms with E-state index in [4.69, 9.17) is 5.73 Å². The van der Waals surface area contributed by atoms with Crippen molar-refractivity contribution in [1.82, 2.24) is 4.90 Å². The highest BCUT2D eigenvalue weighted by molar-refractivity contribution is 5.76. The largest absolute Gasteiger partial charge is 0.369 e. The Morgan fingerprint density at radius 3 is 1.87 bits per heavy atom. The summed E-state index contributed by atoms with van der Waals surface area (Å²) in [6.45, 7) is 6.18. The number of Topliss-reactive ketones (excluding diaryl/α,β-unsaturated/α-hetero) is 1. The number of amides is 1. The van der Waals surface area contributed by atoms with Crippen LogP contribution in [0.5, 0.6) is 0 Å². The Labute approximate surface area is 92.8 Å². The highest BCUT2D eigenvalue weighted by atomic mass is 16.1. The molecule has 4 nitrogen and oxygen atoms in total. The van der Waals surface area contributed by atoms with E-state index in [0.29, 0.717) is 18.2 Å². The fraction of sp³-hybridized carbons (Fsp3) is 0.818. The number of hydrogen-bond donors (Lipinski definition) is 1. The molecule has 2 N–H and O–H groups in total. The van der Waals surface area contributed by atoms with E-state index in [1.807, 2.05) is 0 Å². The summed E-state index contributed by atoms with van der Waals surface area (Å²) >= 11 is 0. The van der Waals surface area contributed by atoms with Crippen molar-refractivity contribution in [3.63, 3.8) is 0 Å². The molecular formula is C11H24N2O2. The van der Waals surface area contributed by atoms with Gasteiger partial charge in [-0.2, -0.15) is 0 Å². The average molecular weight is 216 g/mol. The molecule has 1 atom stereocenters. The third kappa shape index (κ3) is 19.5. The molecule has 0 aliphatic rings. The summed E-state index contributed by atoms with van der Waals surface area (Å²) in [7, 11) is 3.59. The van der Waals surface area contributed by atoms with Crippen molar-refractivity contribution >= 4 is 11.7 Å². The van der Waals surface area contributed by atoms with Gasteiger partial charge in [-0.15, -0.1) is 0 Å². The Morgan fingerprint density at radius 2 is 1.80 bits per heavy atom. The van der Waals surface area contributed by atoms with Gasteiger partial charge < -0.3 is 15.4 Å². The van der Waals surface area contributed by atoms with Crippen molar-refractivity contribution in [3.8, 4) is 0 Å². The highest BCUT2D eigenvalue weighted by Crippen LogP contribution is 2.05. The normalized spacial score (nSPS) is 11.6. The molecule has 1 amide bonds. The minimum absolute atomic E-state index is 0.287. The molecule has 0 aliphatic carbocycles. The molecule has 0 rings (SSSR count). The Bertz CT molecular complexity index is 191. The van der Waals surface area contributed by atoms with E-state index in [1.54, 1.807) is 25.9 Å². The van der Waals surface area contributed by atoms with E-state index in [0.717, 1.165) is 12.8 Å². The third-order valence-corrected chi connectivity index (χ3v) is 1.80. The predicted molar refractivity (Wildman–Crippen MR) is 62.5 cm³/mol. The van der Waals surface area contributed by atoms with Crippen LogP contribution in [0.3, 0.4) is 0 Å². The van der Waals surface area contributed by atoms with Gasteiger partial charge in [0.1, 0.15) is 5.78 Å². The van der Waals surface area contributed by atoms with Crippen molar-refractivity contribution in [2.75, 3.05) is 20.6 Å². The summed E-state index contributed by atoms with van der Waals surface area (Å²) in [6, 6.07) is 0. The van der Waals surface area contributed by atoms with E-state index < -0.39 is 0 Å². The number of nitrogens with two attached hydrogens (primary N) is 1. The van der Waals surface area contributed by atoms with Gasteiger partial charge in [0.05, 0.1) is 6.54 Å². The van der Waals surface area contributed by atoms with Crippen LogP contribution in [0.1, 0.15) is 33.6 Å². The van der Waals surface area contributed by atoms with Gasteiger partial charge in [0.15, 0.2) is 0 Å². The molecule has 15 heavy (non-hydrogen) atoms. The zero-order chi connectivity index (χ0) is 12.4. The summed E-state index contributed by atoms with van der Waals surface area (Å²) in [5.41, 5.74) is 4.81. The first-order valence-corrected chi connectivity index (χ1v) is 5.22. The van der Waals surface area contributed by atoms with E-state index in [2.05, 4.69) is 13.8 Å². The van der Waals surface area contributed by atoms with Crippen molar-refractivity contribution in [1.29, 1.82) is 0 Å². The van der Waals surface area contributed by atoms with E-state index >= 15 is 0 Å². The maximum Gasteiger partial charge on any atom is 0.231 e. The Balaban J connectivity index is 0. The van der Waals surface area contributed by atoms with Gasteiger partial charge in [-0.25, -0.2) is 0 Å². The van der Waals surface area contributed by atoms with Crippen molar-refractivity contribution < 1.29 is 9.59 Å². The van der Waals surface area contributed by atoms with Gasteiger partial charge in [-0.3, -0.25) is 4.79 Å². The molecule has 0 aliphatic heterocycles. The first-order chi connectivity index (χ1) is 6.79. The first-order valence-electron chi connectivity index (χ1n) is 5.22. The van der Waals surface area contributed by atoms with E-state index in [9.17, 15) is 9.59 Å². The van der Waals surface area contributed by atoms with Crippen molar-refractivity contribution in [2.45, 2.75) is 33.6 Å². The van der Waals surface area contributed by atoms with Crippen LogP contribution in [0.25, 0.3) is 0 Å². The molecule has 0 saturated heterocycles. The van der Waals surface area contributed by atoms with Crippen molar-refractivity contribution in [2.24, 2.45) is 11.7 Å². The van der Waals surface area contributed by atoms with Gasteiger partial charge in [0.2, 0.25) is 5.91 Å². The minimum atomic E-state index is -0.287. The summed E-state index contributed by atoms with van der Waals surface area (Å²) in [6.07, 6.45) is 1.86. The molecule has 0 bridgehead atoms. The third-order valence-electron chi connectivity index (χ3n) is 1.80. The topological polar surface area (TPSA) is 63.4 Å². The lowest BCUT2D eigenvalue weighted by Gasteiger charge is -2.02. The minimum Gasteiger partial charge on any atom is -0.369 e. The van der Waals surface area contributed by atoms with Gasteiger partial charge in [0.25, 0.3) is 0 Å². The number of rotatable bonds is 5. The molecule has 0 fully saturated rings. The molecule has 0 radical (unpaired) electrons. The summed E-state index contributed by atoms with van der Waals surface area (Å²) in [5.74, 6) is 0.594. The lowest BCUT2D eigenvalue weighted by atomic mass is 10.0. The van der Waals surface area contributed by atoms with Gasteiger partial charge >= 0.3 is 0 Å². The molecule has 0 aromatic rings. The van der Waals surface area contributed by atoms with Crippen LogP contribution in [0.15, 0.2) is 0 Å². The molecule has 90 valence electrons. The molecular weight excluding hydrogens is 192 g/mol. The van der Waals surface area contributed by atoms with Crippen molar-refractivity contribution in [3.05, 3.63) is 0 Å². The first kappa shape index (κ1) is 16.5. The van der Waals surface area contributed by atoms with Gasteiger partial charge in [0, 0.05) is 6.42 Å². The van der Waals surface area contributed by atoms with Crippen LogP contribution in [-0.2, 0) is 9.59 Å². The lowest BCUT2D eigenvalue weighted by molar-refractivity contribution is -0.119. The number of primary amides is 1.